The van der Waals surface area contributed by atoms with Crippen molar-refractivity contribution >= 4 is 0 Å². The van der Waals surface area contributed by atoms with Crippen molar-refractivity contribution in [2.24, 2.45) is 0 Å². The minimum atomic E-state index is -0.346. The van der Waals surface area contributed by atoms with Crippen molar-refractivity contribution in [2.75, 3.05) is 0 Å². The minimum absolute atomic E-state index is 0.346. The summed E-state index contributed by atoms with van der Waals surface area (Å²) in [7, 11) is 0. The highest BCUT2D eigenvalue weighted by Gasteiger charge is 2.14. The zero-order valence-electron chi connectivity index (χ0n) is 9.01. The lowest BCUT2D eigenvalue weighted by molar-refractivity contribution is -0.708. The third kappa shape index (κ3) is 2.82. The van der Waals surface area contributed by atoms with Crippen LogP contribution < -0.4 is 4.57 Å². The summed E-state index contributed by atoms with van der Waals surface area (Å²) in [5.41, 5.74) is 0. The molecule has 80 valence electrons. The maximum absolute atomic E-state index is 9.24. The van der Waals surface area contributed by atoms with Crippen molar-refractivity contribution in [2.45, 2.75) is 46.1 Å². The normalized spacial score (nSPS) is 15.5. The van der Waals surface area contributed by atoms with Gasteiger partial charge in [0, 0.05) is 6.92 Å². The molecule has 4 nitrogen and oxygen atoms in total. The topological polar surface area (TPSA) is 49.3 Å². The SMILES string of the molecule is Cc1n(CC(C)O)cc[n+]1CC(C)O. The second-order valence-corrected chi connectivity index (χ2v) is 3.85. The molecular weight excluding hydrogens is 180 g/mol. The number of nitrogens with zero attached hydrogens (tertiary/aromatic N) is 2. The van der Waals surface area contributed by atoms with Crippen LogP contribution in [0.25, 0.3) is 0 Å². The van der Waals surface area contributed by atoms with E-state index in [0.29, 0.717) is 13.1 Å². The number of hydrogen-bond acceptors (Lipinski definition) is 2. The van der Waals surface area contributed by atoms with Gasteiger partial charge < -0.3 is 10.2 Å². The second-order valence-electron chi connectivity index (χ2n) is 3.85. The van der Waals surface area contributed by atoms with E-state index in [1.165, 1.54) is 0 Å². The number of hydrogen-bond donors (Lipinski definition) is 2. The third-order valence-electron chi connectivity index (χ3n) is 2.18. The van der Waals surface area contributed by atoms with Crippen LogP contribution in [-0.4, -0.2) is 27.0 Å². The summed E-state index contributed by atoms with van der Waals surface area (Å²) < 4.78 is 3.96. The summed E-state index contributed by atoms with van der Waals surface area (Å²) in [5.74, 6) is 1.05. The van der Waals surface area contributed by atoms with Gasteiger partial charge in [0.25, 0.3) is 5.82 Å². The van der Waals surface area contributed by atoms with Crippen LogP contribution in [0.1, 0.15) is 19.7 Å². The highest BCUT2D eigenvalue weighted by molar-refractivity contribution is 4.80. The summed E-state index contributed by atoms with van der Waals surface area (Å²) in [6, 6.07) is 0. The zero-order valence-corrected chi connectivity index (χ0v) is 9.01. The van der Waals surface area contributed by atoms with Crippen LogP contribution in [0.15, 0.2) is 12.4 Å². The Morgan fingerprint density at radius 3 is 2.50 bits per heavy atom. The van der Waals surface area contributed by atoms with E-state index < -0.39 is 0 Å². The first kappa shape index (κ1) is 11.2. The predicted molar refractivity (Wildman–Crippen MR) is 52.7 cm³/mol. The Labute approximate surface area is 84.4 Å². The van der Waals surface area contributed by atoms with Gasteiger partial charge in [0.2, 0.25) is 0 Å². The van der Waals surface area contributed by atoms with Crippen molar-refractivity contribution < 1.29 is 14.8 Å². The third-order valence-corrected chi connectivity index (χ3v) is 2.18. The van der Waals surface area contributed by atoms with Crippen LogP contribution in [0, 0.1) is 6.92 Å². The Kier molecular flexibility index (Phi) is 3.66. The molecule has 2 N–H and O–H groups in total. The fourth-order valence-electron chi connectivity index (χ4n) is 1.50. The number of imidazole rings is 1. The lowest BCUT2D eigenvalue weighted by Crippen LogP contribution is -2.40. The zero-order chi connectivity index (χ0) is 10.7. The smallest absolute Gasteiger partial charge is 0.253 e. The molecule has 0 aromatic carbocycles. The van der Waals surface area contributed by atoms with Gasteiger partial charge >= 0.3 is 0 Å². The molecule has 0 saturated heterocycles. The minimum Gasteiger partial charge on any atom is -0.389 e. The van der Waals surface area contributed by atoms with Gasteiger partial charge in [0.15, 0.2) is 0 Å². The molecule has 0 aliphatic heterocycles. The lowest BCUT2D eigenvalue weighted by Gasteiger charge is -2.04. The van der Waals surface area contributed by atoms with Gasteiger partial charge in [-0.1, -0.05) is 0 Å². The largest absolute Gasteiger partial charge is 0.389 e. The quantitative estimate of drug-likeness (QED) is 0.662. The summed E-state index contributed by atoms with van der Waals surface area (Å²) >= 11 is 0. The highest BCUT2D eigenvalue weighted by Crippen LogP contribution is 1.97. The lowest BCUT2D eigenvalue weighted by atomic mass is 10.4. The fourth-order valence-corrected chi connectivity index (χ4v) is 1.50. The molecule has 0 radical (unpaired) electrons. The molecule has 0 spiro atoms. The molecule has 1 aromatic rings. The van der Waals surface area contributed by atoms with Gasteiger partial charge in [-0.3, -0.25) is 0 Å². The monoisotopic (exact) mass is 199 g/mol. The number of rotatable bonds is 4. The Hall–Kier alpha value is -0.870. The van der Waals surface area contributed by atoms with Crippen LogP contribution in [0.5, 0.6) is 0 Å². The Morgan fingerprint density at radius 2 is 2.00 bits per heavy atom. The maximum Gasteiger partial charge on any atom is 0.253 e. The van der Waals surface area contributed by atoms with Gasteiger partial charge in [-0.05, 0) is 13.8 Å². The van der Waals surface area contributed by atoms with Crippen molar-refractivity contribution in [1.82, 2.24) is 4.57 Å². The molecule has 0 aliphatic carbocycles. The van der Waals surface area contributed by atoms with E-state index in [1.54, 1.807) is 13.8 Å². The molecule has 1 heterocycles. The summed E-state index contributed by atoms with van der Waals surface area (Å²) in [6.45, 7) is 6.69. The first-order valence-corrected chi connectivity index (χ1v) is 4.92. The van der Waals surface area contributed by atoms with E-state index >= 15 is 0 Å². The Balaban J connectivity index is 2.75. The molecule has 0 aliphatic rings. The van der Waals surface area contributed by atoms with Crippen LogP contribution in [0.3, 0.4) is 0 Å². The predicted octanol–water partition coefficient (Wildman–Crippen LogP) is -0.154. The fraction of sp³-hybridized carbons (Fsp3) is 0.700. The van der Waals surface area contributed by atoms with E-state index in [9.17, 15) is 10.2 Å². The van der Waals surface area contributed by atoms with Crippen LogP contribution in [0.2, 0.25) is 0 Å². The Bertz CT molecular complexity index is 265. The Morgan fingerprint density at radius 1 is 1.36 bits per heavy atom. The second kappa shape index (κ2) is 4.57. The average molecular weight is 199 g/mol. The molecule has 0 amide bonds. The van der Waals surface area contributed by atoms with E-state index in [1.807, 2.05) is 28.5 Å². The summed E-state index contributed by atoms with van der Waals surface area (Å²) in [5, 5.41) is 18.5. The van der Waals surface area contributed by atoms with Gasteiger partial charge in [-0.15, -0.1) is 0 Å². The van der Waals surface area contributed by atoms with Crippen LogP contribution >= 0.6 is 0 Å². The number of aromatic nitrogens is 2. The molecule has 1 aromatic heterocycles. The number of aliphatic hydroxyl groups excluding tert-OH is 2. The first-order valence-electron chi connectivity index (χ1n) is 4.92. The average Bonchev–Trinajstić information content (AvgIpc) is 2.34. The van der Waals surface area contributed by atoms with Gasteiger partial charge in [-0.2, -0.15) is 0 Å². The van der Waals surface area contributed by atoms with Gasteiger partial charge in [0.05, 0.1) is 12.2 Å². The summed E-state index contributed by atoms with van der Waals surface area (Å²) in [4.78, 5) is 0. The van der Waals surface area contributed by atoms with Crippen molar-refractivity contribution in [3.8, 4) is 0 Å². The molecule has 2 atom stereocenters. The first-order chi connectivity index (χ1) is 6.50. The highest BCUT2D eigenvalue weighted by atomic mass is 16.3. The van der Waals surface area contributed by atoms with E-state index in [4.69, 9.17) is 0 Å². The van der Waals surface area contributed by atoms with E-state index in [0.717, 1.165) is 5.82 Å². The molecule has 0 bridgehead atoms. The van der Waals surface area contributed by atoms with Crippen molar-refractivity contribution in [3.63, 3.8) is 0 Å². The molecule has 0 saturated carbocycles. The van der Waals surface area contributed by atoms with Crippen molar-refractivity contribution in [3.05, 3.63) is 18.2 Å². The maximum atomic E-state index is 9.24. The molecule has 0 fully saturated rings. The van der Waals surface area contributed by atoms with Crippen molar-refractivity contribution in [1.29, 1.82) is 0 Å². The van der Waals surface area contributed by atoms with Gasteiger partial charge in [0.1, 0.15) is 25.5 Å². The van der Waals surface area contributed by atoms with Gasteiger partial charge in [-0.25, -0.2) is 9.13 Å². The summed E-state index contributed by atoms with van der Waals surface area (Å²) in [6.07, 6.45) is 3.15. The van der Waals surface area contributed by atoms with Crippen LogP contribution in [0.4, 0.5) is 0 Å². The standard InChI is InChI=1S/C10H19N2O2/c1-8(13)6-11-4-5-12(10(11)3)7-9(2)14/h4-5,8-9,13-14H,6-7H2,1-3H3/q+1. The van der Waals surface area contributed by atoms with E-state index in [2.05, 4.69) is 0 Å². The molecule has 2 unspecified atom stereocenters. The van der Waals surface area contributed by atoms with Crippen LogP contribution in [-0.2, 0) is 13.1 Å². The molecule has 1 rings (SSSR count). The molecular formula is C10H19N2O2+. The number of aliphatic hydroxyl groups is 2. The molecule has 14 heavy (non-hydrogen) atoms. The van der Waals surface area contributed by atoms with E-state index in [-0.39, 0.29) is 12.2 Å². The molecule has 4 heteroatoms.